The lowest BCUT2D eigenvalue weighted by Gasteiger charge is -2.37. The van der Waals surface area contributed by atoms with Crippen molar-refractivity contribution in [2.75, 3.05) is 25.0 Å². The van der Waals surface area contributed by atoms with Crippen LogP contribution < -0.4 is 16.0 Å². The molecule has 6 aromatic carbocycles. The molecule has 284 valence electrons. The van der Waals surface area contributed by atoms with Gasteiger partial charge in [0.2, 0.25) is 11.8 Å². The van der Waals surface area contributed by atoms with Gasteiger partial charge in [-0.3, -0.25) is 19.4 Å². The number of rotatable bonds is 10. The van der Waals surface area contributed by atoms with Crippen molar-refractivity contribution in [1.82, 2.24) is 25.6 Å². The van der Waals surface area contributed by atoms with Gasteiger partial charge in [-0.1, -0.05) is 121 Å². The molecular formula is C46H46N6O4. The number of hydrogen-bond acceptors (Lipinski definition) is 5. The first-order valence-electron chi connectivity index (χ1n) is 19.0. The fourth-order valence-electron chi connectivity index (χ4n) is 7.35. The number of nitrogens with one attached hydrogen (secondary N) is 3. The number of benzene rings is 6. The third kappa shape index (κ3) is 8.88. The summed E-state index contributed by atoms with van der Waals surface area (Å²) in [5.41, 5.74) is 3.96. The summed E-state index contributed by atoms with van der Waals surface area (Å²) in [6, 6.07) is 43.1. The van der Waals surface area contributed by atoms with E-state index in [9.17, 15) is 19.2 Å². The Hall–Kier alpha value is -6.52. The first-order chi connectivity index (χ1) is 27.2. The molecule has 3 N–H and O–H groups in total. The molecule has 1 saturated heterocycles. The largest absolute Gasteiger partial charge is 0.343 e. The smallest absolute Gasteiger partial charge is 0.332 e. The summed E-state index contributed by atoms with van der Waals surface area (Å²) in [6.45, 7) is 4.90. The van der Waals surface area contributed by atoms with E-state index in [-0.39, 0.29) is 55.8 Å². The molecule has 1 heterocycles. The van der Waals surface area contributed by atoms with Crippen molar-refractivity contribution < 1.29 is 19.2 Å². The third-order valence-electron chi connectivity index (χ3n) is 10.1. The lowest BCUT2D eigenvalue weighted by atomic mass is 10.0. The van der Waals surface area contributed by atoms with E-state index in [4.69, 9.17) is 0 Å². The number of anilines is 1. The Morgan fingerprint density at radius 3 is 2.11 bits per heavy atom. The Balaban J connectivity index is 1.12. The molecule has 56 heavy (non-hydrogen) atoms. The highest BCUT2D eigenvalue weighted by atomic mass is 16.2. The third-order valence-corrected chi connectivity index (χ3v) is 10.1. The fourth-order valence-corrected chi connectivity index (χ4v) is 7.35. The van der Waals surface area contributed by atoms with E-state index >= 15 is 0 Å². The van der Waals surface area contributed by atoms with E-state index in [0.717, 1.165) is 38.2 Å². The molecule has 0 saturated carbocycles. The summed E-state index contributed by atoms with van der Waals surface area (Å²) >= 11 is 0. The first-order valence-corrected chi connectivity index (χ1v) is 19.0. The highest BCUT2D eigenvalue weighted by Crippen LogP contribution is 2.23. The Morgan fingerprint density at radius 1 is 0.732 bits per heavy atom. The molecule has 1 aliphatic heterocycles. The van der Waals surface area contributed by atoms with Crippen LogP contribution in [0.5, 0.6) is 0 Å². The molecule has 0 aliphatic carbocycles. The van der Waals surface area contributed by atoms with E-state index in [1.807, 2.05) is 141 Å². The standard InChI is InChI=1S/C46H46N6O4/c1-32(2)52(46(56)47-29-34-12-4-3-5-13-34)51-27-26-50(30-37-18-10-16-35-14-6-8-19-39(35)37)45(55)42(49-43(53)31-51)28-33-22-24-38(25-23-33)48-44(54)41-21-11-17-36-15-7-9-20-40(36)41/h3-25,32,42H,26-31H2,1-2H3,(H,47,56)(H,48,54)(H,49,53)/t42-/m0/s1. The van der Waals surface area contributed by atoms with Crippen LogP contribution in [-0.4, -0.2) is 70.4 Å². The molecule has 0 bridgehead atoms. The number of fused-ring (bicyclic) bond motifs is 2. The van der Waals surface area contributed by atoms with Gasteiger partial charge < -0.3 is 20.9 Å². The van der Waals surface area contributed by atoms with Crippen LogP contribution in [0.1, 0.15) is 40.9 Å². The number of amides is 5. The highest BCUT2D eigenvalue weighted by Gasteiger charge is 2.33. The molecule has 5 amide bonds. The molecule has 0 radical (unpaired) electrons. The monoisotopic (exact) mass is 746 g/mol. The van der Waals surface area contributed by atoms with Gasteiger partial charge in [0, 0.05) is 49.9 Å². The van der Waals surface area contributed by atoms with Crippen LogP contribution in [0.3, 0.4) is 0 Å². The highest BCUT2D eigenvalue weighted by molar-refractivity contribution is 6.13. The van der Waals surface area contributed by atoms with Crippen molar-refractivity contribution in [1.29, 1.82) is 0 Å². The van der Waals surface area contributed by atoms with Crippen molar-refractivity contribution in [3.05, 3.63) is 162 Å². The molecule has 1 fully saturated rings. The molecule has 7 rings (SSSR count). The minimum Gasteiger partial charge on any atom is -0.343 e. The van der Waals surface area contributed by atoms with Crippen LogP contribution in [0.4, 0.5) is 10.5 Å². The first kappa shape index (κ1) is 37.8. The Kier molecular flexibility index (Phi) is 11.7. The zero-order chi connectivity index (χ0) is 39.0. The van der Waals surface area contributed by atoms with Crippen LogP contribution in [0.25, 0.3) is 21.5 Å². The van der Waals surface area contributed by atoms with Crippen LogP contribution >= 0.6 is 0 Å². The van der Waals surface area contributed by atoms with Crippen molar-refractivity contribution >= 4 is 51.0 Å². The molecule has 1 atom stereocenters. The summed E-state index contributed by atoms with van der Waals surface area (Å²) in [7, 11) is 0. The topological polar surface area (TPSA) is 114 Å². The normalized spacial score (nSPS) is 15.2. The van der Waals surface area contributed by atoms with E-state index < -0.39 is 6.04 Å². The van der Waals surface area contributed by atoms with E-state index in [0.29, 0.717) is 24.3 Å². The molecule has 0 aromatic heterocycles. The molecule has 10 nitrogen and oxygen atoms in total. The summed E-state index contributed by atoms with van der Waals surface area (Å²) in [5.74, 6) is -0.798. The number of carbonyl (C=O) groups is 4. The zero-order valence-corrected chi connectivity index (χ0v) is 31.7. The molecular weight excluding hydrogens is 701 g/mol. The second kappa shape index (κ2) is 17.3. The van der Waals surface area contributed by atoms with Gasteiger partial charge in [0.25, 0.3) is 5.91 Å². The zero-order valence-electron chi connectivity index (χ0n) is 31.7. The molecule has 0 unspecified atom stereocenters. The second-order valence-corrected chi connectivity index (χ2v) is 14.4. The van der Waals surface area contributed by atoms with Gasteiger partial charge in [-0.15, -0.1) is 0 Å². The lowest BCUT2D eigenvalue weighted by Crippen LogP contribution is -2.57. The second-order valence-electron chi connectivity index (χ2n) is 14.4. The summed E-state index contributed by atoms with van der Waals surface area (Å²) in [5, 5.41) is 16.3. The summed E-state index contributed by atoms with van der Waals surface area (Å²) in [6.07, 6.45) is 0.236. The maximum Gasteiger partial charge on any atom is 0.332 e. The van der Waals surface area contributed by atoms with E-state index in [2.05, 4.69) is 22.0 Å². The van der Waals surface area contributed by atoms with Gasteiger partial charge in [-0.25, -0.2) is 9.80 Å². The average molecular weight is 747 g/mol. The Bertz CT molecular complexity index is 2340. The van der Waals surface area contributed by atoms with Crippen molar-refractivity contribution in [3.8, 4) is 0 Å². The molecule has 6 aromatic rings. The minimum atomic E-state index is -0.868. The van der Waals surface area contributed by atoms with Crippen LogP contribution in [0.2, 0.25) is 0 Å². The summed E-state index contributed by atoms with van der Waals surface area (Å²) in [4.78, 5) is 57.1. The van der Waals surface area contributed by atoms with E-state index in [1.165, 1.54) is 0 Å². The Labute approximate surface area is 327 Å². The quantitative estimate of drug-likeness (QED) is 0.138. The fraction of sp³-hybridized carbons (Fsp3) is 0.217. The number of urea groups is 1. The predicted octanol–water partition coefficient (Wildman–Crippen LogP) is 7.15. The van der Waals surface area contributed by atoms with Gasteiger partial charge in [0.1, 0.15) is 6.04 Å². The molecule has 0 spiro atoms. The summed E-state index contributed by atoms with van der Waals surface area (Å²) < 4.78 is 0. The molecule has 10 heteroatoms. The van der Waals surface area contributed by atoms with Gasteiger partial charge in [0.05, 0.1) is 6.54 Å². The van der Waals surface area contributed by atoms with Crippen molar-refractivity contribution in [2.45, 2.75) is 45.4 Å². The molecule has 1 aliphatic rings. The van der Waals surface area contributed by atoms with Crippen LogP contribution in [0.15, 0.2) is 140 Å². The lowest BCUT2D eigenvalue weighted by molar-refractivity contribution is -0.136. The Morgan fingerprint density at radius 2 is 1.38 bits per heavy atom. The SMILES string of the molecule is CC(C)N(C(=O)NCc1ccccc1)N1CCN(Cc2cccc3ccccc23)C(=O)[C@H](Cc2ccc(NC(=O)c3cccc4ccccc34)cc2)NC(=O)C1. The van der Waals surface area contributed by atoms with Gasteiger partial charge in [-0.05, 0) is 70.3 Å². The van der Waals surface area contributed by atoms with Crippen molar-refractivity contribution in [2.24, 2.45) is 0 Å². The number of hydrazine groups is 1. The minimum absolute atomic E-state index is 0.109. The van der Waals surface area contributed by atoms with Crippen molar-refractivity contribution in [3.63, 3.8) is 0 Å². The van der Waals surface area contributed by atoms with Gasteiger partial charge in [-0.2, -0.15) is 0 Å². The van der Waals surface area contributed by atoms with Crippen LogP contribution in [-0.2, 0) is 29.1 Å². The number of hydrogen-bond donors (Lipinski definition) is 3. The maximum atomic E-state index is 14.6. The predicted molar refractivity (Wildman–Crippen MR) is 221 cm³/mol. The number of carbonyl (C=O) groups excluding carboxylic acids is 4. The van der Waals surface area contributed by atoms with Crippen LogP contribution in [0, 0.1) is 0 Å². The van der Waals surface area contributed by atoms with Gasteiger partial charge in [0.15, 0.2) is 0 Å². The number of nitrogens with zero attached hydrogens (tertiary/aromatic N) is 3. The maximum absolute atomic E-state index is 14.6. The van der Waals surface area contributed by atoms with Gasteiger partial charge >= 0.3 is 6.03 Å². The average Bonchev–Trinajstić information content (AvgIpc) is 3.26. The van der Waals surface area contributed by atoms with E-state index in [1.54, 1.807) is 21.0 Å².